The van der Waals surface area contributed by atoms with Gasteiger partial charge in [0.15, 0.2) is 11.6 Å². The molecule has 2 aromatic carbocycles. The summed E-state index contributed by atoms with van der Waals surface area (Å²) >= 11 is 8.32. The highest BCUT2D eigenvalue weighted by atomic mass is 127. The standard InChI is InChI=1S/C16H15ClF2IN/c1-2-21-16(12-9-11(17)4-6-15(12)20)8-10-3-5-13(18)14(19)7-10/h3-7,9,16,21H,2,8H2,1H3. The number of hydrogen-bond donors (Lipinski definition) is 1. The van der Waals surface area contributed by atoms with Crippen molar-refractivity contribution in [2.24, 2.45) is 0 Å². The van der Waals surface area contributed by atoms with Gasteiger partial charge in [-0.05, 0) is 77.0 Å². The summed E-state index contributed by atoms with van der Waals surface area (Å²) < 4.78 is 27.4. The van der Waals surface area contributed by atoms with E-state index in [0.29, 0.717) is 11.4 Å². The summed E-state index contributed by atoms with van der Waals surface area (Å²) in [5.74, 6) is -1.64. The topological polar surface area (TPSA) is 12.0 Å². The third-order valence-corrected chi connectivity index (χ3v) is 4.43. The fourth-order valence-corrected chi connectivity index (χ4v) is 3.11. The minimum absolute atomic E-state index is 0.00506. The van der Waals surface area contributed by atoms with E-state index in [2.05, 4.69) is 27.9 Å². The van der Waals surface area contributed by atoms with Gasteiger partial charge in [0.2, 0.25) is 0 Å². The second-order valence-corrected chi connectivity index (χ2v) is 6.33. The van der Waals surface area contributed by atoms with Crippen LogP contribution in [0.25, 0.3) is 0 Å². The van der Waals surface area contributed by atoms with Crippen molar-refractivity contribution in [3.05, 3.63) is 67.8 Å². The molecule has 0 fully saturated rings. The number of halogens is 4. The molecule has 0 heterocycles. The Morgan fingerprint density at radius 3 is 2.57 bits per heavy atom. The van der Waals surface area contributed by atoms with Gasteiger partial charge in [-0.2, -0.15) is 0 Å². The summed E-state index contributed by atoms with van der Waals surface area (Å²) in [6.07, 6.45) is 0.571. The molecule has 0 aliphatic rings. The van der Waals surface area contributed by atoms with Crippen LogP contribution in [0, 0.1) is 15.2 Å². The van der Waals surface area contributed by atoms with Crippen molar-refractivity contribution in [2.75, 3.05) is 6.54 Å². The van der Waals surface area contributed by atoms with Crippen LogP contribution in [-0.2, 0) is 6.42 Å². The molecule has 112 valence electrons. The van der Waals surface area contributed by atoms with Crippen molar-refractivity contribution in [2.45, 2.75) is 19.4 Å². The molecule has 2 rings (SSSR count). The van der Waals surface area contributed by atoms with Gasteiger partial charge in [0.05, 0.1) is 0 Å². The Hall–Kier alpha value is -0.720. The van der Waals surface area contributed by atoms with Crippen LogP contribution in [0.1, 0.15) is 24.1 Å². The van der Waals surface area contributed by atoms with Crippen molar-refractivity contribution >= 4 is 34.2 Å². The third kappa shape index (κ3) is 4.37. The van der Waals surface area contributed by atoms with Crippen molar-refractivity contribution in [1.82, 2.24) is 5.32 Å². The van der Waals surface area contributed by atoms with Crippen molar-refractivity contribution < 1.29 is 8.78 Å². The molecule has 1 N–H and O–H groups in total. The molecular weight excluding hydrogens is 407 g/mol. The van der Waals surface area contributed by atoms with Gasteiger partial charge in [-0.1, -0.05) is 24.6 Å². The molecule has 0 aromatic heterocycles. The molecule has 1 nitrogen and oxygen atoms in total. The molecule has 0 spiro atoms. The average molecular weight is 422 g/mol. The molecule has 0 saturated heterocycles. The quantitative estimate of drug-likeness (QED) is 0.661. The fraction of sp³-hybridized carbons (Fsp3) is 0.250. The molecule has 2 aromatic rings. The fourth-order valence-electron chi connectivity index (χ4n) is 2.22. The highest BCUT2D eigenvalue weighted by Crippen LogP contribution is 2.27. The molecular formula is C16H15ClF2IN. The van der Waals surface area contributed by atoms with Crippen LogP contribution in [0.4, 0.5) is 8.78 Å². The zero-order valence-electron chi connectivity index (χ0n) is 11.5. The molecule has 5 heteroatoms. The summed E-state index contributed by atoms with van der Waals surface area (Å²) in [6.45, 7) is 2.78. The SMILES string of the molecule is CCNC(Cc1ccc(F)c(F)c1)c1cc(Cl)ccc1I. The lowest BCUT2D eigenvalue weighted by atomic mass is 9.98. The number of nitrogens with one attached hydrogen (secondary N) is 1. The highest BCUT2D eigenvalue weighted by molar-refractivity contribution is 14.1. The molecule has 1 unspecified atom stereocenters. The van der Waals surface area contributed by atoms with Gasteiger partial charge in [-0.25, -0.2) is 8.78 Å². The predicted octanol–water partition coefficient (Wildman–Crippen LogP) is 5.12. The minimum atomic E-state index is -0.823. The van der Waals surface area contributed by atoms with Gasteiger partial charge in [-0.3, -0.25) is 0 Å². The van der Waals surface area contributed by atoms with Gasteiger partial charge in [0.1, 0.15) is 0 Å². The van der Waals surface area contributed by atoms with E-state index in [9.17, 15) is 8.78 Å². The summed E-state index contributed by atoms with van der Waals surface area (Å²) in [5, 5.41) is 4.04. The Morgan fingerprint density at radius 1 is 1.14 bits per heavy atom. The number of rotatable bonds is 5. The van der Waals surface area contributed by atoms with E-state index >= 15 is 0 Å². The second-order valence-electron chi connectivity index (χ2n) is 4.73. The smallest absolute Gasteiger partial charge is 0.159 e. The normalized spacial score (nSPS) is 12.4. The Balaban J connectivity index is 2.30. The lowest BCUT2D eigenvalue weighted by molar-refractivity contribution is 0.502. The van der Waals surface area contributed by atoms with Crippen LogP contribution in [0.5, 0.6) is 0 Å². The first-order valence-electron chi connectivity index (χ1n) is 6.63. The van der Waals surface area contributed by atoms with Crippen LogP contribution < -0.4 is 5.32 Å². The lowest BCUT2D eigenvalue weighted by Crippen LogP contribution is -2.24. The minimum Gasteiger partial charge on any atom is -0.310 e. The number of hydrogen-bond acceptors (Lipinski definition) is 1. The van der Waals surface area contributed by atoms with Gasteiger partial charge < -0.3 is 5.32 Å². The van der Waals surface area contributed by atoms with E-state index in [-0.39, 0.29) is 6.04 Å². The first-order chi connectivity index (χ1) is 10.0. The lowest BCUT2D eigenvalue weighted by Gasteiger charge is -2.20. The van der Waals surface area contributed by atoms with E-state index in [1.165, 1.54) is 6.07 Å². The van der Waals surface area contributed by atoms with Crippen LogP contribution in [0.15, 0.2) is 36.4 Å². The molecule has 0 radical (unpaired) electrons. The van der Waals surface area contributed by atoms with E-state index in [0.717, 1.165) is 27.3 Å². The van der Waals surface area contributed by atoms with Crippen LogP contribution in [0.3, 0.4) is 0 Å². The summed E-state index contributed by atoms with van der Waals surface area (Å²) in [5.41, 5.74) is 1.81. The maximum Gasteiger partial charge on any atom is 0.159 e. The van der Waals surface area contributed by atoms with Crippen LogP contribution in [0.2, 0.25) is 5.02 Å². The largest absolute Gasteiger partial charge is 0.310 e. The molecule has 0 aliphatic carbocycles. The maximum atomic E-state index is 13.3. The molecule has 21 heavy (non-hydrogen) atoms. The van der Waals surface area contributed by atoms with Crippen molar-refractivity contribution in [1.29, 1.82) is 0 Å². The second kappa shape index (κ2) is 7.51. The average Bonchev–Trinajstić information content (AvgIpc) is 2.45. The Kier molecular flexibility index (Phi) is 5.96. The molecule has 0 aliphatic heterocycles. The zero-order valence-corrected chi connectivity index (χ0v) is 14.4. The molecule has 1 atom stereocenters. The highest BCUT2D eigenvalue weighted by Gasteiger charge is 2.15. The van der Waals surface area contributed by atoms with Gasteiger partial charge in [0, 0.05) is 14.6 Å². The van der Waals surface area contributed by atoms with Gasteiger partial charge >= 0.3 is 0 Å². The van der Waals surface area contributed by atoms with E-state index in [4.69, 9.17) is 11.6 Å². The zero-order chi connectivity index (χ0) is 15.4. The monoisotopic (exact) mass is 421 g/mol. The maximum absolute atomic E-state index is 13.3. The Labute approximate surface area is 141 Å². The van der Waals surface area contributed by atoms with Crippen LogP contribution in [-0.4, -0.2) is 6.54 Å². The summed E-state index contributed by atoms with van der Waals surface area (Å²) in [6, 6.07) is 9.73. The number of likely N-dealkylation sites (N-methyl/N-ethyl adjacent to an activating group) is 1. The Bertz CT molecular complexity index is 634. The van der Waals surface area contributed by atoms with E-state index in [1.807, 2.05) is 25.1 Å². The van der Waals surface area contributed by atoms with E-state index in [1.54, 1.807) is 6.07 Å². The molecule has 0 saturated carbocycles. The molecule has 0 bridgehead atoms. The number of benzene rings is 2. The van der Waals surface area contributed by atoms with Gasteiger partial charge in [-0.15, -0.1) is 0 Å². The molecule has 0 amide bonds. The summed E-state index contributed by atoms with van der Waals surface area (Å²) in [7, 11) is 0. The summed E-state index contributed by atoms with van der Waals surface area (Å²) in [4.78, 5) is 0. The first kappa shape index (κ1) is 16.6. The van der Waals surface area contributed by atoms with Crippen molar-refractivity contribution in [3.63, 3.8) is 0 Å². The van der Waals surface area contributed by atoms with Gasteiger partial charge in [0.25, 0.3) is 0 Å². The van der Waals surface area contributed by atoms with E-state index < -0.39 is 11.6 Å². The predicted molar refractivity (Wildman–Crippen MR) is 90.6 cm³/mol. The third-order valence-electron chi connectivity index (χ3n) is 3.21. The first-order valence-corrected chi connectivity index (χ1v) is 8.09. The van der Waals surface area contributed by atoms with Crippen molar-refractivity contribution in [3.8, 4) is 0 Å². The van der Waals surface area contributed by atoms with Crippen LogP contribution >= 0.6 is 34.2 Å². The Morgan fingerprint density at radius 2 is 1.90 bits per heavy atom.